The van der Waals surface area contributed by atoms with Crippen LogP contribution in [-0.4, -0.2) is 23.2 Å². The van der Waals surface area contributed by atoms with Gasteiger partial charge in [0.25, 0.3) is 5.69 Å². The highest BCUT2D eigenvalue weighted by atomic mass is 19.1. The molecular formula is C11H15FN2O3. The molecule has 0 saturated carbocycles. The molecule has 0 spiro atoms. The molecule has 1 aromatic rings. The average molecular weight is 242 g/mol. The molecule has 94 valence electrons. The molecule has 0 atom stereocenters. The van der Waals surface area contributed by atoms with Gasteiger partial charge in [-0.2, -0.15) is 0 Å². The average Bonchev–Trinajstić information content (AvgIpc) is 2.30. The molecule has 1 rings (SSSR count). The largest absolute Gasteiger partial charge is 0.396 e. The summed E-state index contributed by atoms with van der Waals surface area (Å²) in [7, 11) is 0. The lowest BCUT2D eigenvalue weighted by molar-refractivity contribution is -0.384. The second kappa shape index (κ2) is 6.80. The van der Waals surface area contributed by atoms with E-state index in [2.05, 4.69) is 5.32 Å². The standard InChI is InChI=1S/C11H15FN2O3/c12-9-4-5-10(11(8-9)14(16)17)13-6-2-1-3-7-15/h4-5,8,13,15H,1-3,6-7H2. The fourth-order valence-corrected chi connectivity index (χ4v) is 1.44. The van der Waals surface area contributed by atoms with E-state index in [1.165, 1.54) is 12.1 Å². The van der Waals surface area contributed by atoms with Crippen molar-refractivity contribution in [2.45, 2.75) is 19.3 Å². The molecule has 0 aliphatic carbocycles. The van der Waals surface area contributed by atoms with Crippen molar-refractivity contribution in [2.24, 2.45) is 0 Å². The van der Waals surface area contributed by atoms with Gasteiger partial charge in [0.2, 0.25) is 0 Å². The van der Waals surface area contributed by atoms with Gasteiger partial charge in [-0.3, -0.25) is 10.1 Å². The summed E-state index contributed by atoms with van der Waals surface area (Å²) in [6, 6.07) is 3.44. The number of aliphatic hydroxyl groups is 1. The second-order valence-corrected chi connectivity index (χ2v) is 3.63. The SMILES string of the molecule is O=[N+]([O-])c1cc(F)ccc1NCCCCCO. The molecule has 0 radical (unpaired) electrons. The predicted molar refractivity (Wildman–Crippen MR) is 62.5 cm³/mol. The van der Waals surface area contributed by atoms with Crippen LogP contribution in [0.1, 0.15) is 19.3 Å². The predicted octanol–water partition coefficient (Wildman–Crippen LogP) is 2.31. The molecule has 0 aliphatic rings. The molecule has 5 nitrogen and oxygen atoms in total. The summed E-state index contributed by atoms with van der Waals surface area (Å²) in [4.78, 5) is 10.1. The molecule has 0 amide bonds. The number of nitrogens with zero attached hydrogens (tertiary/aromatic N) is 1. The fourth-order valence-electron chi connectivity index (χ4n) is 1.44. The third-order valence-electron chi connectivity index (χ3n) is 2.31. The lowest BCUT2D eigenvalue weighted by atomic mass is 10.2. The van der Waals surface area contributed by atoms with Gasteiger partial charge in [-0.15, -0.1) is 0 Å². The zero-order valence-corrected chi connectivity index (χ0v) is 9.36. The van der Waals surface area contributed by atoms with Gasteiger partial charge in [0.1, 0.15) is 11.5 Å². The Bertz CT molecular complexity index is 385. The number of hydrogen-bond acceptors (Lipinski definition) is 4. The highest BCUT2D eigenvalue weighted by Crippen LogP contribution is 2.24. The van der Waals surface area contributed by atoms with Crippen molar-refractivity contribution in [2.75, 3.05) is 18.5 Å². The number of halogens is 1. The smallest absolute Gasteiger partial charge is 0.295 e. The van der Waals surface area contributed by atoms with Crippen molar-refractivity contribution < 1.29 is 14.4 Å². The van der Waals surface area contributed by atoms with E-state index in [1.807, 2.05) is 0 Å². The first-order valence-electron chi connectivity index (χ1n) is 5.44. The van der Waals surface area contributed by atoms with E-state index in [0.717, 1.165) is 18.9 Å². The Hall–Kier alpha value is -1.69. The number of aliphatic hydroxyl groups excluding tert-OH is 1. The number of hydrogen-bond donors (Lipinski definition) is 2. The molecule has 0 unspecified atom stereocenters. The molecule has 6 heteroatoms. The summed E-state index contributed by atoms with van der Waals surface area (Å²) in [6.07, 6.45) is 2.36. The molecule has 1 aromatic carbocycles. The lowest BCUT2D eigenvalue weighted by Crippen LogP contribution is -2.04. The Balaban J connectivity index is 2.55. The lowest BCUT2D eigenvalue weighted by Gasteiger charge is -2.06. The topological polar surface area (TPSA) is 75.4 Å². The van der Waals surface area contributed by atoms with Crippen molar-refractivity contribution >= 4 is 11.4 Å². The van der Waals surface area contributed by atoms with Crippen LogP contribution >= 0.6 is 0 Å². The number of nitro benzene ring substituents is 1. The van der Waals surface area contributed by atoms with Crippen LogP contribution in [0.3, 0.4) is 0 Å². The molecule has 17 heavy (non-hydrogen) atoms. The van der Waals surface area contributed by atoms with Gasteiger partial charge in [-0.05, 0) is 31.4 Å². The Morgan fingerprint density at radius 2 is 2.12 bits per heavy atom. The highest BCUT2D eigenvalue weighted by molar-refractivity contribution is 5.61. The first-order valence-corrected chi connectivity index (χ1v) is 5.44. The zero-order chi connectivity index (χ0) is 12.7. The number of rotatable bonds is 7. The molecule has 2 N–H and O–H groups in total. The molecule has 0 aliphatic heterocycles. The van der Waals surface area contributed by atoms with Crippen LogP contribution in [0.4, 0.5) is 15.8 Å². The van der Waals surface area contributed by atoms with Crippen LogP contribution in [0.2, 0.25) is 0 Å². The van der Waals surface area contributed by atoms with E-state index in [4.69, 9.17) is 5.11 Å². The van der Waals surface area contributed by atoms with Crippen LogP contribution in [0.5, 0.6) is 0 Å². The maximum Gasteiger partial charge on any atom is 0.295 e. The minimum Gasteiger partial charge on any atom is -0.396 e. The van der Waals surface area contributed by atoms with Gasteiger partial charge in [0, 0.05) is 13.2 Å². The Kier molecular flexibility index (Phi) is 5.35. The van der Waals surface area contributed by atoms with Gasteiger partial charge in [-0.1, -0.05) is 0 Å². The number of benzene rings is 1. The van der Waals surface area contributed by atoms with Crippen molar-refractivity contribution in [3.63, 3.8) is 0 Å². The van der Waals surface area contributed by atoms with E-state index in [0.29, 0.717) is 18.7 Å². The Morgan fingerprint density at radius 3 is 2.76 bits per heavy atom. The van der Waals surface area contributed by atoms with E-state index >= 15 is 0 Å². The van der Waals surface area contributed by atoms with E-state index in [9.17, 15) is 14.5 Å². The Labute approximate surface area is 98.4 Å². The summed E-state index contributed by atoms with van der Waals surface area (Å²) in [5, 5.41) is 22.1. The van der Waals surface area contributed by atoms with Crippen LogP contribution in [-0.2, 0) is 0 Å². The van der Waals surface area contributed by atoms with E-state index < -0.39 is 10.7 Å². The van der Waals surface area contributed by atoms with Crippen LogP contribution < -0.4 is 5.32 Å². The van der Waals surface area contributed by atoms with Gasteiger partial charge in [0.05, 0.1) is 11.0 Å². The highest BCUT2D eigenvalue weighted by Gasteiger charge is 2.13. The number of nitrogens with one attached hydrogen (secondary N) is 1. The minimum atomic E-state index is -0.623. The number of nitro groups is 1. The van der Waals surface area contributed by atoms with Gasteiger partial charge >= 0.3 is 0 Å². The van der Waals surface area contributed by atoms with Gasteiger partial charge < -0.3 is 10.4 Å². The number of unbranched alkanes of at least 4 members (excludes halogenated alkanes) is 2. The molecule has 0 aromatic heterocycles. The summed E-state index contributed by atoms with van der Waals surface area (Å²) >= 11 is 0. The zero-order valence-electron chi connectivity index (χ0n) is 9.36. The van der Waals surface area contributed by atoms with Crippen molar-refractivity contribution in [1.82, 2.24) is 0 Å². The first kappa shape index (κ1) is 13.4. The summed E-state index contributed by atoms with van der Waals surface area (Å²) < 4.78 is 12.8. The normalized spacial score (nSPS) is 10.2. The van der Waals surface area contributed by atoms with Crippen molar-refractivity contribution in [3.8, 4) is 0 Å². The molecule has 0 saturated heterocycles. The molecule has 0 fully saturated rings. The quantitative estimate of drug-likeness (QED) is 0.437. The monoisotopic (exact) mass is 242 g/mol. The Morgan fingerprint density at radius 1 is 1.35 bits per heavy atom. The summed E-state index contributed by atoms with van der Waals surface area (Å²) in [6.45, 7) is 0.711. The summed E-state index contributed by atoms with van der Waals surface area (Å²) in [5.74, 6) is -0.623. The van der Waals surface area contributed by atoms with Crippen LogP contribution in [0.15, 0.2) is 18.2 Å². The maximum absolute atomic E-state index is 12.8. The third-order valence-corrected chi connectivity index (χ3v) is 2.31. The third kappa shape index (κ3) is 4.36. The van der Waals surface area contributed by atoms with Crippen LogP contribution in [0, 0.1) is 15.9 Å². The molecule has 0 heterocycles. The maximum atomic E-state index is 12.8. The molecular weight excluding hydrogens is 227 g/mol. The van der Waals surface area contributed by atoms with Crippen molar-refractivity contribution in [3.05, 3.63) is 34.1 Å². The number of anilines is 1. The van der Waals surface area contributed by atoms with Gasteiger partial charge in [0.15, 0.2) is 0 Å². The first-order chi connectivity index (χ1) is 8.15. The van der Waals surface area contributed by atoms with Gasteiger partial charge in [-0.25, -0.2) is 4.39 Å². The minimum absolute atomic E-state index is 0.150. The van der Waals surface area contributed by atoms with Crippen LogP contribution in [0.25, 0.3) is 0 Å². The van der Waals surface area contributed by atoms with E-state index in [-0.39, 0.29) is 12.3 Å². The molecule has 0 bridgehead atoms. The van der Waals surface area contributed by atoms with E-state index in [1.54, 1.807) is 0 Å². The fraction of sp³-hybridized carbons (Fsp3) is 0.455. The second-order valence-electron chi connectivity index (χ2n) is 3.63. The van der Waals surface area contributed by atoms with Crippen molar-refractivity contribution in [1.29, 1.82) is 0 Å². The summed E-state index contributed by atoms with van der Waals surface area (Å²) in [5.41, 5.74) is 0.0626.